The average Bonchev–Trinajstić information content (AvgIpc) is 2.36. The quantitative estimate of drug-likeness (QED) is 0.481. The fraction of sp³-hybridized carbons (Fsp3) is 0.385. The molecule has 104 valence electrons. The van der Waals surface area contributed by atoms with Crippen molar-refractivity contribution in [3.8, 4) is 5.75 Å². The lowest BCUT2D eigenvalue weighted by molar-refractivity contribution is 0.248. The molecule has 1 aromatic carbocycles. The Kier molecular flexibility index (Phi) is 5.17. The molecule has 1 unspecified atom stereocenters. The molecular formula is C13H20N4O2. The number of hydrogen-bond acceptors (Lipinski definition) is 3. The molecule has 1 atom stereocenters. The molecule has 2 amide bonds. The normalized spacial score (nSPS) is 11.8. The Morgan fingerprint density at radius 2 is 2.00 bits per heavy atom. The van der Waals surface area contributed by atoms with Gasteiger partial charge in [-0.1, -0.05) is 26.0 Å². The molecule has 0 aliphatic heterocycles. The molecule has 1 rings (SSSR count). The van der Waals surface area contributed by atoms with Gasteiger partial charge in [-0.05, 0) is 18.1 Å². The van der Waals surface area contributed by atoms with E-state index in [9.17, 15) is 4.79 Å². The summed E-state index contributed by atoms with van der Waals surface area (Å²) in [4.78, 5) is 11.9. The summed E-state index contributed by atoms with van der Waals surface area (Å²) in [5.74, 6) is 0.549. The van der Waals surface area contributed by atoms with E-state index in [-0.39, 0.29) is 11.8 Å². The Bertz CT molecular complexity index is 460. The number of nitrogens with two attached hydrogens (primary N) is 1. The van der Waals surface area contributed by atoms with Crippen LogP contribution < -0.4 is 21.1 Å². The standard InChI is InChI=1S/C13H20N4O2/c1-8(2)11(12(14)15)17-13(18)16-9-6-4-5-7-10(9)19-3/h4-8,11H,1-3H3,(H3,14,15)(H2,16,17,18). The summed E-state index contributed by atoms with van der Waals surface area (Å²) >= 11 is 0. The van der Waals surface area contributed by atoms with Gasteiger partial charge in [-0.25, -0.2) is 4.79 Å². The first kappa shape index (κ1) is 14.8. The van der Waals surface area contributed by atoms with E-state index >= 15 is 0 Å². The van der Waals surface area contributed by atoms with Gasteiger partial charge in [0, 0.05) is 0 Å². The van der Waals surface area contributed by atoms with Crippen molar-refractivity contribution in [2.45, 2.75) is 19.9 Å². The summed E-state index contributed by atoms with van der Waals surface area (Å²) in [5.41, 5.74) is 6.01. The van der Waals surface area contributed by atoms with Gasteiger partial charge in [0.15, 0.2) is 0 Å². The van der Waals surface area contributed by atoms with E-state index in [1.807, 2.05) is 19.9 Å². The van der Waals surface area contributed by atoms with Crippen LogP contribution in [0.3, 0.4) is 0 Å². The molecule has 19 heavy (non-hydrogen) atoms. The van der Waals surface area contributed by atoms with Crippen LogP contribution in [-0.4, -0.2) is 25.0 Å². The lowest BCUT2D eigenvalue weighted by Gasteiger charge is -2.21. The molecule has 0 heterocycles. The van der Waals surface area contributed by atoms with Gasteiger partial charge < -0.3 is 21.1 Å². The number of anilines is 1. The lowest BCUT2D eigenvalue weighted by Crippen LogP contribution is -2.48. The first-order valence-electron chi connectivity index (χ1n) is 6.00. The van der Waals surface area contributed by atoms with E-state index in [4.69, 9.17) is 15.9 Å². The van der Waals surface area contributed by atoms with E-state index in [0.29, 0.717) is 11.4 Å². The average molecular weight is 264 g/mol. The van der Waals surface area contributed by atoms with Crippen LogP contribution in [0.25, 0.3) is 0 Å². The molecule has 1 aromatic rings. The Balaban J connectivity index is 2.72. The highest BCUT2D eigenvalue weighted by atomic mass is 16.5. The van der Waals surface area contributed by atoms with Crippen molar-refractivity contribution in [3.05, 3.63) is 24.3 Å². The molecular weight excluding hydrogens is 244 g/mol. The van der Waals surface area contributed by atoms with E-state index in [0.717, 1.165) is 0 Å². The summed E-state index contributed by atoms with van der Waals surface area (Å²) in [7, 11) is 1.53. The van der Waals surface area contributed by atoms with Crippen LogP contribution in [0.1, 0.15) is 13.8 Å². The number of nitrogens with one attached hydrogen (secondary N) is 3. The maximum atomic E-state index is 11.9. The Labute approximate surface area is 112 Å². The number of para-hydroxylation sites is 2. The molecule has 0 radical (unpaired) electrons. The van der Waals surface area contributed by atoms with Crippen LogP contribution in [0.4, 0.5) is 10.5 Å². The number of methoxy groups -OCH3 is 1. The monoisotopic (exact) mass is 264 g/mol. The highest BCUT2D eigenvalue weighted by Gasteiger charge is 2.19. The fourth-order valence-corrected chi connectivity index (χ4v) is 1.65. The third kappa shape index (κ3) is 4.17. The molecule has 0 spiro atoms. The number of carbonyl (C=O) groups is 1. The second kappa shape index (κ2) is 6.63. The first-order valence-corrected chi connectivity index (χ1v) is 6.00. The van der Waals surface area contributed by atoms with Crippen LogP contribution >= 0.6 is 0 Å². The largest absolute Gasteiger partial charge is 0.495 e. The van der Waals surface area contributed by atoms with Gasteiger partial charge in [-0.2, -0.15) is 0 Å². The van der Waals surface area contributed by atoms with Crippen molar-refractivity contribution in [2.24, 2.45) is 11.7 Å². The molecule has 0 fully saturated rings. The number of carbonyl (C=O) groups excluding carboxylic acids is 1. The van der Waals surface area contributed by atoms with Crippen LogP contribution in [-0.2, 0) is 0 Å². The van der Waals surface area contributed by atoms with Crippen molar-refractivity contribution in [2.75, 3.05) is 12.4 Å². The first-order chi connectivity index (χ1) is 8.95. The summed E-state index contributed by atoms with van der Waals surface area (Å²) in [6.07, 6.45) is 0. The van der Waals surface area contributed by atoms with E-state index < -0.39 is 12.1 Å². The number of amidine groups is 1. The molecule has 0 aliphatic rings. The van der Waals surface area contributed by atoms with Gasteiger partial charge in [-0.15, -0.1) is 0 Å². The van der Waals surface area contributed by atoms with E-state index in [1.165, 1.54) is 7.11 Å². The van der Waals surface area contributed by atoms with Crippen LogP contribution in [0.15, 0.2) is 24.3 Å². The fourth-order valence-electron chi connectivity index (χ4n) is 1.65. The van der Waals surface area contributed by atoms with Crippen molar-refractivity contribution in [1.29, 1.82) is 5.41 Å². The number of amides is 2. The topological polar surface area (TPSA) is 100 Å². The zero-order valence-corrected chi connectivity index (χ0v) is 11.4. The Morgan fingerprint density at radius 3 is 2.53 bits per heavy atom. The van der Waals surface area contributed by atoms with E-state index in [1.54, 1.807) is 18.2 Å². The number of benzene rings is 1. The Hall–Kier alpha value is -2.24. The molecule has 0 saturated heterocycles. The van der Waals surface area contributed by atoms with E-state index in [2.05, 4.69) is 10.6 Å². The van der Waals surface area contributed by atoms with Crippen LogP contribution in [0, 0.1) is 11.3 Å². The lowest BCUT2D eigenvalue weighted by atomic mass is 10.0. The zero-order chi connectivity index (χ0) is 14.4. The van der Waals surface area contributed by atoms with Gasteiger partial charge in [0.1, 0.15) is 11.6 Å². The molecule has 0 aliphatic carbocycles. The molecule has 5 N–H and O–H groups in total. The maximum Gasteiger partial charge on any atom is 0.319 e. The second-order valence-corrected chi connectivity index (χ2v) is 4.48. The molecule has 0 aromatic heterocycles. The summed E-state index contributed by atoms with van der Waals surface area (Å²) in [6, 6.07) is 6.18. The van der Waals surface area contributed by atoms with Crippen molar-refractivity contribution in [1.82, 2.24) is 5.32 Å². The van der Waals surface area contributed by atoms with Crippen molar-refractivity contribution in [3.63, 3.8) is 0 Å². The van der Waals surface area contributed by atoms with Crippen LogP contribution in [0.2, 0.25) is 0 Å². The minimum atomic E-state index is -0.491. The van der Waals surface area contributed by atoms with Crippen LogP contribution in [0.5, 0.6) is 5.75 Å². The van der Waals surface area contributed by atoms with Crippen molar-refractivity contribution < 1.29 is 9.53 Å². The third-order valence-corrected chi connectivity index (χ3v) is 2.64. The summed E-state index contributed by atoms with van der Waals surface area (Å²) in [5, 5.41) is 12.8. The molecule has 6 heteroatoms. The van der Waals surface area contributed by atoms with Gasteiger partial charge in [0.25, 0.3) is 0 Å². The highest BCUT2D eigenvalue weighted by molar-refractivity contribution is 5.95. The SMILES string of the molecule is COc1ccccc1NC(=O)NC(C(=N)N)C(C)C. The number of rotatable bonds is 5. The smallest absolute Gasteiger partial charge is 0.319 e. The zero-order valence-electron chi connectivity index (χ0n) is 11.4. The minimum absolute atomic E-state index is 0.0425. The maximum absolute atomic E-state index is 11.9. The number of ether oxygens (including phenoxy) is 1. The highest BCUT2D eigenvalue weighted by Crippen LogP contribution is 2.22. The molecule has 6 nitrogen and oxygen atoms in total. The van der Waals surface area contributed by atoms with Crippen molar-refractivity contribution >= 4 is 17.6 Å². The second-order valence-electron chi connectivity index (χ2n) is 4.48. The third-order valence-electron chi connectivity index (χ3n) is 2.64. The predicted molar refractivity (Wildman–Crippen MR) is 75.7 cm³/mol. The summed E-state index contributed by atoms with van der Waals surface area (Å²) in [6.45, 7) is 3.77. The van der Waals surface area contributed by atoms with Gasteiger partial charge in [-0.3, -0.25) is 5.41 Å². The Morgan fingerprint density at radius 1 is 1.37 bits per heavy atom. The number of urea groups is 1. The van der Waals surface area contributed by atoms with Gasteiger partial charge in [0.05, 0.1) is 18.8 Å². The predicted octanol–water partition coefficient (Wildman–Crippen LogP) is 1.78. The molecule has 0 saturated carbocycles. The minimum Gasteiger partial charge on any atom is -0.495 e. The van der Waals surface area contributed by atoms with Gasteiger partial charge >= 0.3 is 6.03 Å². The van der Waals surface area contributed by atoms with Gasteiger partial charge in [0.2, 0.25) is 0 Å². The molecule has 0 bridgehead atoms. The number of hydrogen-bond donors (Lipinski definition) is 4. The summed E-state index contributed by atoms with van der Waals surface area (Å²) < 4.78 is 5.14.